The van der Waals surface area contributed by atoms with Crippen molar-refractivity contribution in [1.29, 1.82) is 0 Å². The van der Waals surface area contributed by atoms with E-state index in [4.69, 9.17) is 0 Å². The second-order valence-electron chi connectivity index (χ2n) is 8.13. The molecule has 1 unspecified atom stereocenters. The standard InChI is InChI=1S/C27H25N5O3/c1-4-32(3)26-20(15-24(33)34)16-28-25(31-26)17(2)18-9-12-21(13-10-18)29-27(35)23-14-11-19-7-5-6-8-22(19)30-23/h4-14,16-17H,1,15H2,2-3H3,(H,29,35)(H,33,34). The predicted octanol–water partition coefficient (Wildman–Crippen LogP) is 4.64. The average molecular weight is 468 g/mol. The summed E-state index contributed by atoms with van der Waals surface area (Å²) in [5.41, 5.74) is 3.21. The van der Waals surface area contributed by atoms with Gasteiger partial charge in [-0.05, 0) is 36.0 Å². The van der Waals surface area contributed by atoms with Gasteiger partial charge in [0.05, 0.1) is 11.9 Å². The zero-order chi connectivity index (χ0) is 24.9. The maximum absolute atomic E-state index is 12.7. The van der Waals surface area contributed by atoms with Crippen molar-refractivity contribution in [1.82, 2.24) is 15.0 Å². The third kappa shape index (κ3) is 5.33. The summed E-state index contributed by atoms with van der Waals surface area (Å²) >= 11 is 0. The Morgan fingerprint density at radius 1 is 1.09 bits per heavy atom. The Balaban J connectivity index is 1.51. The van der Waals surface area contributed by atoms with E-state index in [1.165, 1.54) is 0 Å². The number of nitrogens with one attached hydrogen (secondary N) is 1. The van der Waals surface area contributed by atoms with E-state index in [1.54, 1.807) is 30.4 Å². The van der Waals surface area contributed by atoms with Crippen LogP contribution in [0, 0.1) is 0 Å². The Hall–Kier alpha value is -4.59. The van der Waals surface area contributed by atoms with Crippen LogP contribution in [0.5, 0.6) is 0 Å². The molecule has 176 valence electrons. The quantitative estimate of drug-likeness (QED) is 0.389. The molecule has 2 aromatic heterocycles. The largest absolute Gasteiger partial charge is 0.481 e. The van der Waals surface area contributed by atoms with Crippen molar-refractivity contribution >= 4 is 34.3 Å². The lowest BCUT2D eigenvalue weighted by Gasteiger charge is -2.19. The number of aliphatic carboxylic acids is 1. The number of rotatable bonds is 8. The maximum Gasteiger partial charge on any atom is 0.308 e. The fourth-order valence-electron chi connectivity index (χ4n) is 3.69. The summed E-state index contributed by atoms with van der Waals surface area (Å²) in [6.45, 7) is 5.71. The molecule has 2 N–H and O–H groups in total. The predicted molar refractivity (Wildman–Crippen MR) is 136 cm³/mol. The zero-order valence-electron chi connectivity index (χ0n) is 19.5. The summed E-state index contributed by atoms with van der Waals surface area (Å²) in [7, 11) is 1.76. The first-order chi connectivity index (χ1) is 16.9. The first kappa shape index (κ1) is 23.6. The second-order valence-corrected chi connectivity index (χ2v) is 8.13. The highest BCUT2D eigenvalue weighted by molar-refractivity contribution is 6.04. The van der Waals surface area contributed by atoms with Gasteiger partial charge in [-0.25, -0.2) is 15.0 Å². The van der Waals surface area contributed by atoms with E-state index in [-0.39, 0.29) is 18.2 Å². The van der Waals surface area contributed by atoms with Gasteiger partial charge in [-0.3, -0.25) is 9.59 Å². The zero-order valence-corrected chi connectivity index (χ0v) is 19.5. The SMILES string of the molecule is C=CN(C)c1nc(C(C)c2ccc(NC(=O)c3ccc4ccccc4n3)cc2)ncc1CC(=O)O. The third-order valence-electron chi connectivity index (χ3n) is 5.70. The molecule has 4 rings (SSSR count). The second kappa shape index (κ2) is 10.1. The number of pyridine rings is 1. The Morgan fingerprint density at radius 2 is 1.83 bits per heavy atom. The van der Waals surface area contributed by atoms with Crippen LogP contribution in [0.15, 0.2) is 79.6 Å². The van der Waals surface area contributed by atoms with E-state index in [0.29, 0.717) is 28.6 Å². The van der Waals surface area contributed by atoms with Crippen LogP contribution in [0.4, 0.5) is 11.5 Å². The molecule has 1 atom stereocenters. The Labute approximate surface area is 203 Å². The normalized spacial score (nSPS) is 11.6. The Morgan fingerprint density at radius 3 is 2.54 bits per heavy atom. The van der Waals surface area contributed by atoms with Gasteiger partial charge in [0.25, 0.3) is 5.91 Å². The van der Waals surface area contributed by atoms with E-state index < -0.39 is 5.97 Å². The van der Waals surface area contributed by atoms with Crippen LogP contribution >= 0.6 is 0 Å². The number of carboxylic acids is 1. The molecule has 0 spiro atoms. The van der Waals surface area contributed by atoms with Gasteiger partial charge in [0.2, 0.25) is 0 Å². The number of para-hydroxylation sites is 1. The molecule has 0 aliphatic carbocycles. The van der Waals surface area contributed by atoms with Crippen LogP contribution in [0.1, 0.15) is 40.3 Å². The summed E-state index contributed by atoms with van der Waals surface area (Å²) in [6, 6.07) is 18.7. The molecule has 35 heavy (non-hydrogen) atoms. The van der Waals surface area contributed by atoms with Gasteiger partial charge in [0, 0.05) is 35.8 Å². The molecule has 0 saturated heterocycles. The van der Waals surface area contributed by atoms with Gasteiger partial charge in [-0.1, -0.05) is 49.9 Å². The van der Waals surface area contributed by atoms with Crippen LogP contribution in [0.2, 0.25) is 0 Å². The smallest absolute Gasteiger partial charge is 0.308 e. The molecule has 8 heteroatoms. The number of aromatic nitrogens is 3. The third-order valence-corrected chi connectivity index (χ3v) is 5.70. The molecule has 0 bridgehead atoms. The van der Waals surface area contributed by atoms with Crippen LogP contribution in [-0.2, 0) is 11.2 Å². The molecule has 4 aromatic rings. The van der Waals surface area contributed by atoms with E-state index in [9.17, 15) is 14.7 Å². The topological polar surface area (TPSA) is 108 Å². The van der Waals surface area contributed by atoms with Gasteiger partial charge in [0.1, 0.15) is 17.3 Å². The van der Waals surface area contributed by atoms with Crippen molar-refractivity contribution in [3.05, 3.63) is 102 Å². The Kier molecular flexibility index (Phi) is 6.82. The lowest BCUT2D eigenvalue weighted by atomic mass is 9.99. The molecule has 0 radical (unpaired) electrons. The van der Waals surface area contributed by atoms with Gasteiger partial charge >= 0.3 is 5.97 Å². The van der Waals surface area contributed by atoms with E-state index in [1.807, 2.05) is 61.5 Å². The minimum Gasteiger partial charge on any atom is -0.481 e. The van der Waals surface area contributed by atoms with Gasteiger partial charge in [-0.15, -0.1) is 0 Å². The van der Waals surface area contributed by atoms with E-state index in [0.717, 1.165) is 16.5 Å². The van der Waals surface area contributed by atoms with Crippen LogP contribution in [0.3, 0.4) is 0 Å². The molecular formula is C27H25N5O3. The number of nitrogens with zero attached hydrogens (tertiary/aromatic N) is 4. The summed E-state index contributed by atoms with van der Waals surface area (Å²) in [6.07, 6.45) is 2.94. The molecule has 0 saturated carbocycles. The molecule has 2 aromatic carbocycles. The molecule has 8 nitrogen and oxygen atoms in total. The minimum absolute atomic E-state index is 0.155. The summed E-state index contributed by atoms with van der Waals surface area (Å²) in [5.74, 6) is -0.334. The molecule has 0 fully saturated rings. The summed E-state index contributed by atoms with van der Waals surface area (Å²) < 4.78 is 0. The number of benzene rings is 2. The lowest BCUT2D eigenvalue weighted by Crippen LogP contribution is -2.17. The van der Waals surface area contributed by atoms with Crippen molar-refractivity contribution in [2.45, 2.75) is 19.3 Å². The van der Waals surface area contributed by atoms with Gasteiger partial charge in [0.15, 0.2) is 0 Å². The highest BCUT2D eigenvalue weighted by Crippen LogP contribution is 2.26. The number of fused-ring (bicyclic) bond motifs is 1. The van der Waals surface area contributed by atoms with Crippen LogP contribution in [-0.4, -0.2) is 39.0 Å². The molecular weight excluding hydrogens is 442 g/mol. The van der Waals surface area contributed by atoms with Crippen molar-refractivity contribution in [3.63, 3.8) is 0 Å². The first-order valence-electron chi connectivity index (χ1n) is 11.1. The summed E-state index contributed by atoms with van der Waals surface area (Å²) in [4.78, 5) is 39.0. The Bertz CT molecular complexity index is 1400. The van der Waals surface area contributed by atoms with Crippen molar-refractivity contribution < 1.29 is 14.7 Å². The average Bonchev–Trinajstić information content (AvgIpc) is 2.87. The number of carbonyl (C=O) groups is 2. The molecule has 0 aliphatic heterocycles. The highest BCUT2D eigenvalue weighted by atomic mass is 16.4. The first-order valence-corrected chi connectivity index (χ1v) is 11.1. The molecule has 0 aliphatic rings. The van der Waals surface area contributed by atoms with Gasteiger partial charge in [-0.2, -0.15) is 0 Å². The monoisotopic (exact) mass is 467 g/mol. The van der Waals surface area contributed by atoms with Crippen LogP contribution in [0.25, 0.3) is 10.9 Å². The fraction of sp³-hybridized carbons (Fsp3) is 0.148. The number of amides is 1. The lowest BCUT2D eigenvalue weighted by molar-refractivity contribution is -0.136. The van der Waals surface area contributed by atoms with Crippen molar-refractivity contribution in [2.75, 3.05) is 17.3 Å². The number of carbonyl (C=O) groups excluding carboxylic acids is 1. The van der Waals surface area contributed by atoms with E-state index >= 15 is 0 Å². The number of anilines is 2. The molecule has 2 heterocycles. The molecule has 1 amide bonds. The summed E-state index contributed by atoms with van der Waals surface area (Å²) in [5, 5.41) is 13.0. The number of hydrogen-bond acceptors (Lipinski definition) is 6. The van der Waals surface area contributed by atoms with Gasteiger partial charge < -0.3 is 15.3 Å². The maximum atomic E-state index is 12.7. The fourth-order valence-corrected chi connectivity index (χ4v) is 3.69. The minimum atomic E-state index is -0.954. The van der Waals surface area contributed by atoms with E-state index in [2.05, 4.69) is 26.8 Å². The highest BCUT2D eigenvalue weighted by Gasteiger charge is 2.18. The van der Waals surface area contributed by atoms with Crippen molar-refractivity contribution in [3.8, 4) is 0 Å². The number of hydrogen-bond donors (Lipinski definition) is 2. The number of carboxylic acid groups (broad SMARTS) is 1. The van der Waals surface area contributed by atoms with Crippen molar-refractivity contribution in [2.24, 2.45) is 0 Å². The van der Waals surface area contributed by atoms with Crippen LogP contribution < -0.4 is 10.2 Å².